The van der Waals surface area contributed by atoms with Crippen LogP contribution < -0.4 is 9.80 Å². The zero-order valence-electron chi connectivity index (χ0n) is 18.2. The Hall–Kier alpha value is -2.47. The van der Waals surface area contributed by atoms with Gasteiger partial charge in [0.25, 0.3) is 0 Å². The van der Waals surface area contributed by atoms with Crippen molar-refractivity contribution in [1.82, 2.24) is 5.16 Å². The molecule has 1 amide bonds. The van der Waals surface area contributed by atoms with E-state index in [9.17, 15) is 4.79 Å². The van der Waals surface area contributed by atoms with Crippen molar-refractivity contribution in [1.29, 1.82) is 0 Å². The first kappa shape index (κ1) is 21.4. The van der Waals surface area contributed by atoms with Gasteiger partial charge in [-0.3, -0.25) is 4.90 Å². The van der Waals surface area contributed by atoms with E-state index in [4.69, 9.17) is 28.2 Å². The minimum Gasteiger partial charge on any atom is -0.441 e. The highest BCUT2D eigenvalue weighted by atomic mass is 19.1. The minimum absolute atomic E-state index is 0.0356. The minimum atomic E-state index is -0.730. The summed E-state index contributed by atoms with van der Waals surface area (Å²) in [5.41, 5.74) is 0.834. The van der Waals surface area contributed by atoms with E-state index in [0.717, 1.165) is 0 Å². The highest BCUT2D eigenvalue weighted by molar-refractivity contribution is 6.00. The largest absolute Gasteiger partial charge is 0.441 e. The molecule has 10 nitrogen and oxygen atoms in total. The van der Waals surface area contributed by atoms with Crippen LogP contribution in [0, 0.1) is 5.82 Å². The quantitative estimate of drug-likeness (QED) is 0.680. The SMILES string of the molecule is COCC1CN(c2noc3c(F)c(N4CC(C)O[C@H](C)C4)c(C4OCCO4)cc23)C(=O)O1. The molecule has 2 unspecified atom stereocenters. The summed E-state index contributed by atoms with van der Waals surface area (Å²) in [6.07, 6.45) is -1.91. The lowest BCUT2D eigenvalue weighted by molar-refractivity contribution is -0.0445. The second-order valence-electron chi connectivity index (χ2n) is 8.32. The molecule has 3 aliphatic heterocycles. The summed E-state index contributed by atoms with van der Waals surface area (Å²) in [5, 5.41) is 4.36. The summed E-state index contributed by atoms with van der Waals surface area (Å²) in [7, 11) is 1.53. The van der Waals surface area contributed by atoms with E-state index in [1.165, 1.54) is 12.0 Å². The van der Waals surface area contributed by atoms with E-state index in [0.29, 0.717) is 42.9 Å². The summed E-state index contributed by atoms with van der Waals surface area (Å²) in [6.45, 7) is 6.20. The molecular weight excluding hydrogens is 425 g/mol. The number of hydrogen-bond donors (Lipinski definition) is 0. The maximum absolute atomic E-state index is 15.9. The molecule has 11 heteroatoms. The van der Waals surface area contributed by atoms with E-state index in [1.54, 1.807) is 6.07 Å². The maximum Gasteiger partial charge on any atom is 0.416 e. The third kappa shape index (κ3) is 3.68. The van der Waals surface area contributed by atoms with E-state index < -0.39 is 24.3 Å². The number of carbonyl (C=O) groups excluding carboxylic acids is 1. The number of nitrogens with zero attached hydrogens (tertiary/aromatic N) is 3. The number of fused-ring (bicyclic) bond motifs is 1. The average molecular weight is 451 g/mol. The third-order valence-electron chi connectivity index (χ3n) is 5.78. The summed E-state index contributed by atoms with van der Waals surface area (Å²) in [4.78, 5) is 15.7. The summed E-state index contributed by atoms with van der Waals surface area (Å²) in [6, 6.07) is 1.73. The van der Waals surface area contributed by atoms with Crippen molar-refractivity contribution in [2.45, 2.75) is 38.4 Å². The standard InChI is InChI=1S/C21H26FN3O7/c1-11-7-24(8-12(2)30-11)17-14(20-28-4-5-29-20)6-15-18(16(17)22)32-23-19(15)25-9-13(10-27-3)31-21(25)26/h6,11-13,20H,4-5,7-10H2,1-3H3/t11-,12?,13?/m1/s1. The van der Waals surface area contributed by atoms with Gasteiger partial charge in [-0.1, -0.05) is 5.16 Å². The molecule has 3 aliphatic rings. The van der Waals surface area contributed by atoms with E-state index in [2.05, 4.69) is 5.16 Å². The number of hydrogen-bond acceptors (Lipinski definition) is 9. The van der Waals surface area contributed by atoms with Gasteiger partial charge in [-0.15, -0.1) is 0 Å². The van der Waals surface area contributed by atoms with Crippen LogP contribution in [0.4, 0.5) is 20.7 Å². The van der Waals surface area contributed by atoms with E-state index in [-0.39, 0.29) is 36.8 Å². The van der Waals surface area contributed by atoms with Crippen LogP contribution >= 0.6 is 0 Å². The molecule has 2 aromatic rings. The summed E-state index contributed by atoms with van der Waals surface area (Å²) in [5.74, 6) is -0.380. The van der Waals surface area contributed by atoms with Crippen LogP contribution in [0.5, 0.6) is 0 Å². The average Bonchev–Trinajstić information content (AvgIpc) is 3.47. The molecule has 3 saturated heterocycles. The van der Waals surface area contributed by atoms with Crippen LogP contribution in [0.25, 0.3) is 11.0 Å². The van der Waals surface area contributed by atoms with Crippen LogP contribution in [0.15, 0.2) is 10.6 Å². The number of benzene rings is 1. The van der Waals surface area contributed by atoms with Crippen molar-refractivity contribution in [2.75, 3.05) is 56.4 Å². The number of carbonyl (C=O) groups is 1. The Bertz CT molecular complexity index is 999. The Morgan fingerprint density at radius 2 is 1.91 bits per heavy atom. The predicted molar refractivity (Wildman–Crippen MR) is 110 cm³/mol. The second-order valence-corrected chi connectivity index (χ2v) is 8.32. The molecule has 4 heterocycles. The van der Waals surface area contributed by atoms with Gasteiger partial charge in [-0.25, -0.2) is 9.18 Å². The van der Waals surface area contributed by atoms with Crippen molar-refractivity contribution in [3.63, 3.8) is 0 Å². The number of methoxy groups -OCH3 is 1. The number of anilines is 2. The van der Waals surface area contributed by atoms with Crippen LogP contribution in [0.1, 0.15) is 25.7 Å². The molecule has 0 N–H and O–H groups in total. The molecular formula is C21H26FN3O7. The first-order valence-corrected chi connectivity index (χ1v) is 10.7. The van der Waals surface area contributed by atoms with Crippen LogP contribution in [0.3, 0.4) is 0 Å². The Kier molecular flexibility index (Phi) is 5.66. The fourth-order valence-corrected chi connectivity index (χ4v) is 4.60. The van der Waals surface area contributed by atoms with Gasteiger partial charge in [0.1, 0.15) is 6.10 Å². The van der Waals surface area contributed by atoms with Gasteiger partial charge in [0.15, 0.2) is 17.9 Å². The Morgan fingerprint density at radius 3 is 2.59 bits per heavy atom. The zero-order chi connectivity index (χ0) is 22.4. The highest BCUT2D eigenvalue weighted by Gasteiger charge is 2.38. The summed E-state index contributed by atoms with van der Waals surface area (Å²) < 4.78 is 49.0. The lowest BCUT2D eigenvalue weighted by Crippen LogP contribution is -2.46. The number of rotatable bonds is 5. The molecule has 1 aromatic carbocycles. The topological polar surface area (TPSA) is 95.7 Å². The molecule has 0 bridgehead atoms. The number of ether oxygens (including phenoxy) is 5. The zero-order valence-corrected chi connectivity index (χ0v) is 18.2. The Balaban J connectivity index is 1.60. The predicted octanol–water partition coefficient (Wildman–Crippen LogP) is 2.60. The lowest BCUT2D eigenvalue weighted by atomic mass is 10.0. The number of cyclic esters (lactones) is 1. The van der Waals surface area contributed by atoms with Crippen molar-refractivity contribution in [3.05, 3.63) is 17.4 Å². The van der Waals surface area contributed by atoms with Gasteiger partial charge < -0.3 is 33.1 Å². The van der Waals surface area contributed by atoms with Gasteiger partial charge in [-0.05, 0) is 19.9 Å². The molecule has 0 spiro atoms. The fraction of sp³-hybridized carbons (Fsp3) is 0.619. The summed E-state index contributed by atoms with van der Waals surface area (Å²) >= 11 is 0. The molecule has 174 valence electrons. The third-order valence-corrected chi connectivity index (χ3v) is 5.78. The Morgan fingerprint density at radius 1 is 1.19 bits per heavy atom. The van der Waals surface area contributed by atoms with E-state index >= 15 is 4.39 Å². The van der Waals surface area contributed by atoms with Crippen molar-refractivity contribution >= 4 is 28.6 Å². The lowest BCUT2D eigenvalue weighted by Gasteiger charge is -2.38. The van der Waals surface area contributed by atoms with Crippen molar-refractivity contribution in [2.24, 2.45) is 0 Å². The van der Waals surface area contributed by atoms with Crippen LogP contribution in [-0.4, -0.2) is 76.1 Å². The van der Waals surface area contributed by atoms with E-state index in [1.807, 2.05) is 18.7 Å². The van der Waals surface area contributed by atoms with Crippen LogP contribution in [0.2, 0.25) is 0 Å². The molecule has 0 aliphatic carbocycles. The monoisotopic (exact) mass is 451 g/mol. The fourth-order valence-electron chi connectivity index (χ4n) is 4.60. The van der Waals surface area contributed by atoms with Gasteiger partial charge in [-0.2, -0.15) is 0 Å². The second kappa shape index (κ2) is 8.47. The number of morpholine rings is 1. The molecule has 3 fully saturated rings. The molecule has 0 radical (unpaired) electrons. The molecule has 0 saturated carbocycles. The molecule has 32 heavy (non-hydrogen) atoms. The Labute approximate surface area is 184 Å². The van der Waals surface area contributed by atoms with Gasteiger partial charge in [0.05, 0.1) is 49.6 Å². The molecule has 5 rings (SSSR count). The number of amides is 1. The van der Waals surface area contributed by atoms with Crippen molar-refractivity contribution < 1.29 is 37.4 Å². The van der Waals surface area contributed by atoms with Crippen LogP contribution in [-0.2, 0) is 23.7 Å². The van der Waals surface area contributed by atoms with Gasteiger partial charge >= 0.3 is 6.09 Å². The smallest absolute Gasteiger partial charge is 0.416 e. The first-order chi connectivity index (χ1) is 15.5. The molecule has 3 atom stereocenters. The normalized spacial score (nSPS) is 27.0. The number of halogens is 1. The number of aromatic nitrogens is 1. The molecule has 1 aromatic heterocycles. The first-order valence-electron chi connectivity index (χ1n) is 10.7. The van der Waals surface area contributed by atoms with Gasteiger partial charge in [0.2, 0.25) is 5.58 Å². The highest BCUT2D eigenvalue weighted by Crippen LogP contribution is 2.42. The maximum atomic E-state index is 15.9. The van der Waals surface area contributed by atoms with Gasteiger partial charge in [0, 0.05) is 25.8 Å². The van der Waals surface area contributed by atoms with Crippen molar-refractivity contribution in [3.8, 4) is 0 Å².